The van der Waals surface area contributed by atoms with E-state index in [0.717, 1.165) is 16.8 Å². The molecule has 0 spiro atoms. The molecule has 2 rings (SSSR count). The van der Waals surface area contributed by atoms with Gasteiger partial charge in [0.1, 0.15) is 6.07 Å². The number of hydrogen-bond acceptors (Lipinski definition) is 3. The minimum absolute atomic E-state index is 0.0672. The Bertz CT molecular complexity index is 688. The molecule has 3 heteroatoms. The van der Waals surface area contributed by atoms with Crippen LogP contribution in [0.2, 0.25) is 0 Å². The van der Waals surface area contributed by atoms with Crippen LogP contribution in [0.15, 0.2) is 42.5 Å². The molecule has 0 fully saturated rings. The number of nitrogens with one attached hydrogen (secondary N) is 1. The molecule has 1 unspecified atom stereocenters. The van der Waals surface area contributed by atoms with Crippen molar-refractivity contribution in [1.29, 1.82) is 10.5 Å². The Morgan fingerprint density at radius 3 is 2.30 bits per heavy atom. The molecule has 3 nitrogen and oxygen atoms in total. The molecule has 0 bridgehead atoms. The minimum Gasteiger partial charge on any atom is -0.377 e. The first-order chi connectivity index (χ1) is 9.63. The summed E-state index contributed by atoms with van der Waals surface area (Å²) in [5, 5.41) is 21.3. The third-order valence-electron chi connectivity index (χ3n) is 3.21. The van der Waals surface area contributed by atoms with E-state index in [1.54, 1.807) is 12.1 Å². The fourth-order valence-electron chi connectivity index (χ4n) is 2.04. The number of rotatable bonds is 3. The van der Waals surface area contributed by atoms with Crippen molar-refractivity contribution in [2.45, 2.75) is 19.9 Å². The Morgan fingerprint density at radius 1 is 1.00 bits per heavy atom. The van der Waals surface area contributed by atoms with Gasteiger partial charge >= 0.3 is 0 Å². The van der Waals surface area contributed by atoms with Gasteiger partial charge in [-0.1, -0.05) is 18.2 Å². The molecule has 2 aromatic rings. The predicted molar refractivity (Wildman–Crippen MR) is 79.1 cm³/mol. The third kappa shape index (κ3) is 2.96. The number of aryl methyl sites for hydroxylation is 1. The maximum atomic E-state index is 9.17. The van der Waals surface area contributed by atoms with E-state index in [1.165, 1.54) is 0 Å². The van der Waals surface area contributed by atoms with Crippen LogP contribution in [-0.4, -0.2) is 0 Å². The quantitative estimate of drug-likeness (QED) is 0.911. The molecule has 0 amide bonds. The van der Waals surface area contributed by atoms with Crippen LogP contribution >= 0.6 is 0 Å². The van der Waals surface area contributed by atoms with Crippen molar-refractivity contribution in [3.8, 4) is 12.1 Å². The van der Waals surface area contributed by atoms with E-state index in [-0.39, 0.29) is 6.04 Å². The predicted octanol–water partition coefficient (Wildman–Crippen LogP) is 3.91. The normalized spacial score (nSPS) is 11.2. The highest BCUT2D eigenvalue weighted by Gasteiger charge is 2.08. The van der Waals surface area contributed by atoms with Crippen LogP contribution in [0, 0.1) is 29.6 Å². The van der Waals surface area contributed by atoms with Crippen LogP contribution in [0.1, 0.15) is 35.2 Å². The van der Waals surface area contributed by atoms with Crippen LogP contribution in [-0.2, 0) is 0 Å². The average Bonchev–Trinajstić information content (AvgIpc) is 2.49. The summed E-state index contributed by atoms with van der Waals surface area (Å²) in [5.41, 5.74) is 4.26. The molecule has 20 heavy (non-hydrogen) atoms. The molecule has 0 heterocycles. The van der Waals surface area contributed by atoms with E-state index in [1.807, 2.05) is 44.2 Å². The Balaban J connectivity index is 2.21. The van der Waals surface area contributed by atoms with Gasteiger partial charge in [-0.05, 0) is 49.2 Å². The second-order valence-corrected chi connectivity index (χ2v) is 4.76. The van der Waals surface area contributed by atoms with Crippen LogP contribution in [0.5, 0.6) is 0 Å². The zero-order valence-electron chi connectivity index (χ0n) is 11.5. The summed E-state index contributed by atoms with van der Waals surface area (Å²) in [6.45, 7) is 4.00. The molecule has 0 saturated heterocycles. The highest BCUT2D eigenvalue weighted by molar-refractivity contribution is 5.59. The van der Waals surface area contributed by atoms with E-state index in [0.29, 0.717) is 11.1 Å². The maximum Gasteiger partial charge on any atom is 0.101 e. The molecular formula is C17H15N3. The van der Waals surface area contributed by atoms with Crippen molar-refractivity contribution in [2.24, 2.45) is 0 Å². The summed E-state index contributed by atoms with van der Waals surface area (Å²) < 4.78 is 0. The summed E-state index contributed by atoms with van der Waals surface area (Å²) in [4.78, 5) is 0. The first-order valence-electron chi connectivity index (χ1n) is 6.41. The van der Waals surface area contributed by atoms with Crippen LogP contribution in [0.4, 0.5) is 5.69 Å². The fourth-order valence-corrected chi connectivity index (χ4v) is 2.04. The number of nitriles is 2. The van der Waals surface area contributed by atoms with Gasteiger partial charge in [0.25, 0.3) is 0 Å². The topological polar surface area (TPSA) is 59.6 Å². The molecule has 0 aliphatic carbocycles. The molecule has 1 N–H and O–H groups in total. The average molecular weight is 261 g/mol. The zero-order chi connectivity index (χ0) is 14.5. The smallest absolute Gasteiger partial charge is 0.101 e. The van der Waals surface area contributed by atoms with Gasteiger partial charge in [-0.3, -0.25) is 0 Å². The summed E-state index contributed by atoms with van der Waals surface area (Å²) in [7, 11) is 0. The van der Waals surface area contributed by atoms with E-state index >= 15 is 0 Å². The Morgan fingerprint density at radius 2 is 1.70 bits per heavy atom. The first-order valence-corrected chi connectivity index (χ1v) is 6.41. The lowest BCUT2D eigenvalue weighted by Crippen LogP contribution is -2.07. The Kier molecular flexibility index (Phi) is 4.03. The lowest BCUT2D eigenvalue weighted by Gasteiger charge is -2.17. The molecule has 2 aromatic carbocycles. The van der Waals surface area contributed by atoms with Crippen molar-refractivity contribution in [1.82, 2.24) is 0 Å². The van der Waals surface area contributed by atoms with Gasteiger partial charge in [-0.25, -0.2) is 0 Å². The largest absolute Gasteiger partial charge is 0.377 e. The van der Waals surface area contributed by atoms with E-state index < -0.39 is 0 Å². The fraction of sp³-hybridized carbons (Fsp3) is 0.176. The van der Waals surface area contributed by atoms with Crippen LogP contribution < -0.4 is 5.32 Å². The second-order valence-electron chi connectivity index (χ2n) is 4.76. The summed E-state index contributed by atoms with van der Waals surface area (Å²) in [6, 6.07) is 17.6. The summed E-state index contributed by atoms with van der Waals surface area (Å²) >= 11 is 0. The highest BCUT2D eigenvalue weighted by atomic mass is 14.9. The van der Waals surface area contributed by atoms with Gasteiger partial charge in [0, 0.05) is 6.04 Å². The molecule has 98 valence electrons. The monoisotopic (exact) mass is 261 g/mol. The van der Waals surface area contributed by atoms with Crippen LogP contribution in [0.25, 0.3) is 0 Å². The van der Waals surface area contributed by atoms with Gasteiger partial charge < -0.3 is 5.32 Å². The Hall–Kier alpha value is -2.78. The molecule has 0 aromatic heterocycles. The van der Waals surface area contributed by atoms with Crippen LogP contribution in [0.3, 0.4) is 0 Å². The minimum atomic E-state index is 0.0672. The third-order valence-corrected chi connectivity index (χ3v) is 3.21. The Labute approximate surface area is 119 Å². The number of nitrogens with zero attached hydrogens (tertiary/aromatic N) is 2. The lowest BCUT2D eigenvalue weighted by molar-refractivity contribution is 0.883. The molecule has 1 atom stereocenters. The van der Waals surface area contributed by atoms with Gasteiger partial charge in [-0.15, -0.1) is 0 Å². The van der Waals surface area contributed by atoms with Gasteiger partial charge in [0.15, 0.2) is 0 Å². The molecule has 0 aliphatic rings. The van der Waals surface area contributed by atoms with Crippen molar-refractivity contribution in [2.75, 3.05) is 5.32 Å². The van der Waals surface area contributed by atoms with Crippen molar-refractivity contribution in [3.05, 3.63) is 64.7 Å². The second kappa shape index (κ2) is 5.91. The molecule has 0 saturated carbocycles. The lowest BCUT2D eigenvalue weighted by atomic mass is 10.0. The highest BCUT2D eigenvalue weighted by Crippen LogP contribution is 2.23. The molecule has 0 radical (unpaired) electrons. The summed E-state index contributed by atoms with van der Waals surface area (Å²) in [6.07, 6.45) is 0. The van der Waals surface area contributed by atoms with Gasteiger partial charge in [0.2, 0.25) is 0 Å². The van der Waals surface area contributed by atoms with Crippen molar-refractivity contribution in [3.63, 3.8) is 0 Å². The van der Waals surface area contributed by atoms with Crippen molar-refractivity contribution < 1.29 is 0 Å². The SMILES string of the molecule is Cc1ccc(NC(C)c2ccc(C#N)cc2)c(C#N)c1. The number of anilines is 1. The number of hydrogen-bond donors (Lipinski definition) is 1. The first kappa shape index (κ1) is 13.6. The standard InChI is InChI=1S/C17H15N3/c1-12-3-8-17(16(9-12)11-19)20-13(2)15-6-4-14(10-18)5-7-15/h3-9,13,20H,1-2H3. The maximum absolute atomic E-state index is 9.17. The van der Waals surface area contributed by atoms with E-state index in [2.05, 4.69) is 17.5 Å². The summed E-state index contributed by atoms with van der Waals surface area (Å²) in [5.74, 6) is 0. The van der Waals surface area contributed by atoms with E-state index in [4.69, 9.17) is 10.5 Å². The van der Waals surface area contributed by atoms with Crippen molar-refractivity contribution >= 4 is 5.69 Å². The molecular weight excluding hydrogens is 246 g/mol. The van der Waals surface area contributed by atoms with E-state index in [9.17, 15) is 0 Å². The van der Waals surface area contributed by atoms with Gasteiger partial charge in [-0.2, -0.15) is 10.5 Å². The molecule has 0 aliphatic heterocycles. The number of benzene rings is 2. The van der Waals surface area contributed by atoms with Gasteiger partial charge in [0.05, 0.1) is 22.9 Å². The zero-order valence-corrected chi connectivity index (χ0v) is 11.5.